The molecule has 4 amide bonds. The number of aromatic nitrogens is 4. The first-order chi connectivity index (χ1) is 21.5. The normalized spacial score (nSPS) is 11.6. The summed E-state index contributed by atoms with van der Waals surface area (Å²) < 4.78 is 7.71. The maximum Gasteiger partial charge on any atom is 0.324 e. The van der Waals surface area contributed by atoms with Crippen LogP contribution in [-0.2, 0) is 0 Å². The van der Waals surface area contributed by atoms with Crippen molar-refractivity contribution in [3.63, 3.8) is 0 Å². The highest BCUT2D eigenvalue weighted by Gasteiger charge is 2.19. The predicted octanol–water partition coefficient (Wildman–Crippen LogP) is 7.67. The third-order valence-corrected chi connectivity index (χ3v) is 8.47. The Balaban J connectivity index is 1.45. The zero-order valence-corrected chi connectivity index (χ0v) is 28.9. The summed E-state index contributed by atoms with van der Waals surface area (Å²) in [5, 5.41) is 15.9. The lowest BCUT2D eigenvalue weighted by Gasteiger charge is -2.14. The van der Waals surface area contributed by atoms with E-state index in [9.17, 15) is 9.59 Å². The molecule has 0 saturated carbocycles. The molecule has 4 rings (SSSR count). The van der Waals surface area contributed by atoms with Crippen molar-refractivity contribution in [3.8, 4) is 17.3 Å². The second-order valence-electron chi connectivity index (χ2n) is 10.3. The Hall–Kier alpha value is -3.66. The maximum atomic E-state index is 13.1. The maximum absolute atomic E-state index is 13.1. The molecule has 0 aliphatic heterocycles. The molecular formula is C30H34Cl2IN9O3. The number of nitrogens with zero attached hydrogens (tertiary/aromatic N) is 5. The van der Waals surface area contributed by atoms with E-state index in [0.717, 1.165) is 29.8 Å². The van der Waals surface area contributed by atoms with Crippen molar-refractivity contribution >= 4 is 75.2 Å². The molecule has 238 valence electrons. The molecule has 0 fully saturated rings. The van der Waals surface area contributed by atoms with E-state index in [2.05, 4.69) is 60.7 Å². The minimum atomic E-state index is -0.530. The van der Waals surface area contributed by atoms with Crippen molar-refractivity contribution < 1.29 is 14.3 Å². The first-order valence-corrected chi connectivity index (χ1v) is 16.1. The van der Waals surface area contributed by atoms with Crippen molar-refractivity contribution in [2.45, 2.75) is 30.6 Å². The Morgan fingerprint density at radius 2 is 1.76 bits per heavy atom. The number of rotatable bonds is 12. The van der Waals surface area contributed by atoms with Gasteiger partial charge in [0.2, 0.25) is 5.88 Å². The molecule has 15 heteroatoms. The standard InChI is InChI=1S/C30H34Cl2IN9O3/c1-5-6-20(33)22-15-25(42(40-22)19-9-7-18(2)8-10-19)39-30(44)37-21-11-12-23(28(32)27(21)31)45-26-16-24(35-17-36-26)38-29(43)34-13-14-41(3)4/h7-12,15-17,20H,5-6,13-14H2,1-4H3,(H2,37,39,44)(H2,34,35,36,38,43). The van der Waals surface area contributed by atoms with Gasteiger partial charge in [-0.2, -0.15) is 5.10 Å². The van der Waals surface area contributed by atoms with Crippen molar-refractivity contribution in [1.29, 1.82) is 0 Å². The van der Waals surface area contributed by atoms with Gasteiger partial charge in [0.25, 0.3) is 0 Å². The topological polar surface area (TPSA) is 138 Å². The van der Waals surface area contributed by atoms with Gasteiger partial charge in [0, 0.05) is 25.2 Å². The summed E-state index contributed by atoms with van der Waals surface area (Å²) in [6.07, 6.45) is 3.21. The van der Waals surface area contributed by atoms with Crippen LogP contribution in [0.1, 0.15) is 34.9 Å². The second kappa shape index (κ2) is 16.1. The van der Waals surface area contributed by atoms with Crippen LogP contribution in [0.2, 0.25) is 10.0 Å². The number of amides is 4. The Bertz CT molecular complexity index is 1630. The highest BCUT2D eigenvalue weighted by Crippen LogP contribution is 2.39. The lowest BCUT2D eigenvalue weighted by atomic mass is 10.2. The fourth-order valence-electron chi connectivity index (χ4n) is 4.03. The number of carbonyl (C=O) groups is 2. The zero-order chi connectivity index (χ0) is 32.5. The second-order valence-corrected chi connectivity index (χ2v) is 12.6. The van der Waals surface area contributed by atoms with Crippen molar-refractivity contribution in [2.75, 3.05) is 43.1 Å². The Morgan fingerprint density at radius 3 is 2.47 bits per heavy atom. The number of halogens is 3. The number of ether oxygens (including phenoxy) is 1. The number of benzene rings is 2. The zero-order valence-electron chi connectivity index (χ0n) is 25.2. The van der Waals surface area contributed by atoms with Gasteiger partial charge in [-0.1, -0.05) is 76.8 Å². The fourth-order valence-corrected chi connectivity index (χ4v) is 5.37. The van der Waals surface area contributed by atoms with Gasteiger partial charge < -0.3 is 20.3 Å². The summed E-state index contributed by atoms with van der Waals surface area (Å²) in [7, 11) is 3.83. The molecular weight excluding hydrogens is 732 g/mol. The van der Waals surface area contributed by atoms with E-state index in [-0.39, 0.29) is 37.1 Å². The molecule has 4 N–H and O–H groups in total. The average Bonchev–Trinajstić information content (AvgIpc) is 3.41. The summed E-state index contributed by atoms with van der Waals surface area (Å²) in [6, 6.07) is 13.4. The molecule has 1 atom stereocenters. The van der Waals surface area contributed by atoms with Crippen LogP contribution in [0.25, 0.3) is 5.69 Å². The number of likely N-dealkylation sites (N-methyl/N-ethyl adjacent to an activating group) is 1. The highest BCUT2D eigenvalue weighted by molar-refractivity contribution is 14.1. The van der Waals surface area contributed by atoms with Gasteiger partial charge >= 0.3 is 12.1 Å². The number of hydrogen-bond donors (Lipinski definition) is 4. The minimum absolute atomic E-state index is 0.0586. The number of hydrogen-bond acceptors (Lipinski definition) is 7. The van der Waals surface area contributed by atoms with Crippen LogP contribution in [0.15, 0.2) is 54.9 Å². The molecule has 0 aliphatic rings. The number of urea groups is 2. The first kappa shape index (κ1) is 34.2. The molecule has 2 aromatic heterocycles. The van der Waals surface area contributed by atoms with Gasteiger partial charge in [0.1, 0.15) is 28.7 Å². The lowest BCUT2D eigenvalue weighted by molar-refractivity contribution is 0.250. The summed E-state index contributed by atoms with van der Waals surface area (Å²) in [6.45, 7) is 5.29. The molecule has 12 nitrogen and oxygen atoms in total. The van der Waals surface area contributed by atoms with Crippen molar-refractivity contribution in [1.82, 2.24) is 30.0 Å². The lowest BCUT2D eigenvalue weighted by Crippen LogP contribution is -2.34. The monoisotopic (exact) mass is 765 g/mol. The Morgan fingerprint density at radius 1 is 1.00 bits per heavy atom. The van der Waals surface area contributed by atoms with Gasteiger partial charge in [-0.15, -0.1) is 0 Å². The summed E-state index contributed by atoms with van der Waals surface area (Å²) >= 11 is 15.4. The molecule has 0 radical (unpaired) electrons. The van der Waals surface area contributed by atoms with Gasteiger partial charge in [-0.25, -0.2) is 24.2 Å². The minimum Gasteiger partial charge on any atom is -0.437 e. The quantitative estimate of drug-likeness (QED) is 0.0858. The van der Waals surface area contributed by atoms with Crippen molar-refractivity contribution in [2.24, 2.45) is 0 Å². The molecule has 0 saturated heterocycles. The number of aryl methyl sites for hydroxylation is 1. The van der Waals surface area contributed by atoms with Gasteiger partial charge in [-0.3, -0.25) is 10.6 Å². The van der Waals surface area contributed by atoms with E-state index in [1.165, 1.54) is 12.4 Å². The molecule has 1 unspecified atom stereocenters. The van der Waals surface area contributed by atoms with E-state index >= 15 is 0 Å². The average molecular weight is 766 g/mol. The van der Waals surface area contributed by atoms with Crippen LogP contribution in [-0.4, -0.2) is 63.9 Å². The Kier molecular flexibility index (Phi) is 12.2. The number of alkyl halides is 1. The third-order valence-electron chi connectivity index (χ3n) is 6.35. The number of carbonyl (C=O) groups excluding carboxylic acids is 2. The molecule has 2 heterocycles. The van der Waals surface area contributed by atoms with Gasteiger partial charge in [0.15, 0.2) is 0 Å². The molecule has 4 aromatic rings. The number of nitrogens with one attached hydrogen (secondary N) is 4. The molecule has 0 aliphatic carbocycles. The van der Waals surface area contributed by atoms with Crippen LogP contribution >= 0.6 is 45.8 Å². The van der Waals surface area contributed by atoms with Crippen molar-refractivity contribution in [3.05, 3.63) is 76.2 Å². The number of anilines is 3. The molecule has 0 bridgehead atoms. The smallest absolute Gasteiger partial charge is 0.324 e. The molecule has 2 aromatic carbocycles. The van der Waals surface area contributed by atoms with E-state index in [1.807, 2.05) is 56.3 Å². The summed E-state index contributed by atoms with van der Waals surface area (Å²) in [5.41, 5.74) is 3.07. The SMILES string of the molecule is CCCC(I)c1cc(NC(=O)Nc2ccc(Oc3cc(NC(=O)NCCN(C)C)ncn3)c(Cl)c2Cl)n(-c2ccc(C)cc2)n1. The van der Waals surface area contributed by atoms with Gasteiger partial charge in [-0.05, 0) is 51.7 Å². The fraction of sp³-hybridized carbons (Fsp3) is 0.300. The van der Waals surface area contributed by atoms with E-state index in [4.69, 9.17) is 33.0 Å². The summed E-state index contributed by atoms with van der Waals surface area (Å²) in [5.74, 6) is 1.06. The van der Waals surface area contributed by atoms with Gasteiger partial charge in [0.05, 0.1) is 26.0 Å². The largest absolute Gasteiger partial charge is 0.437 e. The van der Waals surface area contributed by atoms with E-state index < -0.39 is 12.1 Å². The molecule has 0 spiro atoms. The van der Waals surface area contributed by atoms with Crippen LogP contribution in [0.4, 0.5) is 26.9 Å². The van der Waals surface area contributed by atoms with Crippen LogP contribution in [0, 0.1) is 6.92 Å². The van der Waals surface area contributed by atoms with Crippen LogP contribution < -0.4 is 26.0 Å². The van der Waals surface area contributed by atoms with E-state index in [0.29, 0.717) is 18.9 Å². The van der Waals surface area contributed by atoms with E-state index in [1.54, 1.807) is 16.8 Å². The molecule has 45 heavy (non-hydrogen) atoms. The van der Waals surface area contributed by atoms with Crippen LogP contribution in [0.3, 0.4) is 0 Å². The first-order valence-electron chi connectivity index (χ1n) is 14.1. The predicted molar refractivity (Wildman–Crippen MR) is 187 cm³/mol. The highest BCUT2D eigenvalue weighted by atomic mass is 127. The van der Waals surface area contributed by atoms with Crippen LogP contribution in [0.5, 0.6) is 11.6 Å². The third kappa shape index (κ3) is 9.66. The summed E-state index contributed by atoms with van der Waals surface area (Å²) in [4.78, 5) is 35.3. The Labute approximate surface area is 285 Å².